The van der Waals surface area contributed by atoms with Crippen LogP contribution in [-0.2, 0) is 28.6 Å². The van der Waals surface area contributed by atoms with Gasteiger partial charge in [-0.2, -0.15) is 13.3 Å². The minimum absolute atomic E-state index is 0.00666. The molecule has 25 heavy (non-hydrogen) atoms. The fourth-order valence-electron chi connectivity index (χ4n) is 2.35. The summed E-state index contributed by atoms with van der Waals surface area (Å²) < 4.78 is 39.9. The lowest BCUT2D eigenvalue weighted by Gasteiger charge is -2.35. The first-order chi connectivity index (χ1) is 11.7. The van der Waals surface area contributed by atoms with Crippen LogP contribution < -0.4 is 0 Å². The van der Waals surface area contributed by atoms with Gasteiger partial charge in [-0.3, -0.25) is 8.98 Å². The van der Waals surface area contributed by atoms with Gasteiger partial charge in [0.15, 0.2) is 5.56 Å². The van der Waals surface area contributed by atoms with Crippen LogP contribution in [-0.4, -0.2) is 44.8 Å². The Morgan fingerprint density at radius 1 is 1.36 bits per heavy atom. The predicted molar refractivity (Wildman–Crippen MR) is 88.6 cm³/mol. The fraction of sp³-hybridized carbons (Fsp3) is 0.533. The van der Waals surface area contributed by atoms with E-state index in [-0.39, 0.29) is 11.3 Å². The number of hydrogen-bond donors (Lipinski definition) is 0. The summed E-state index contributed by atoms with van der Waals surface area (Å²) in [7, 11) is -4.01. The van der Waals surface area contributed by atoms with Gasteiger partial charge in [-0.25, -0.2) is 0 Å². The van der Waals surface area contributed by atoms with Crippen LogP contribution in [0.15, 0.2) is 34.3 Å². The number of halogens is 1. The minimum atomic E-state index is -4.01. The van der Waals surface area contributed by atoms with Gasteiger partial charge in [-0.05, 0) is 19.1 Å². The summed E-state index contributed by atoms with van der Waals surface area (Å²) >= 11 is 5.90. The molecule has 1 aliphatic rings. The number of benzene rings is 1. The largest absolute Gasteiger partial charge is 0.460 e. The second-order valence-electron chi connectivity index (χ2n) is 5.63. The van der Waals surface area contributed by atoms with E-state index in [1.165, 1.54) is 19.1 Å². The molecule has 0 aliphatic carbocycles. The Kier molecular flexibility index (Phi) is 6.50. The molecule has 138 valence electrons. The van der Waals surface area contributed by atoms with E-state index in [9.17, 15) is 18.1 Å². The molecule has 1 heterocycles. The summed E-state index contributed by atoms with van der Waals surface area (Å²) in [6.45, 7) is 2.61. The Labute approximate surface area is 150 Å². The maximum atomic E-state index is 12.2. The van der Waals surface area contributed by atoms with Gasteiger partial charge in [0.1, 0.15) is 18.2 Å². The van der Waals surface area contributed by atoms with Crippen LogP contribution in [0, 0.1) is 11.8 Å². The van der Waals surface area contributed by atoms with Crippen LogP contribution in [0.25, 0.3) is 0 Å². The van der Waals surface area contributed by atoms with Crippen LogP contribution in [0.5, 0.6) is 0 Å². The first-order valence-corrected chi connectivity index (χ1v) is 9.32. The SMILES string of the molecule is CC(=O)O[C@@H]1C[C@@H](N=O)[C@@H](Cl)O[C@@H]1COS(=O)(=O)c1ccc(C)cc1. The van der Waals surface area contributed by atoms with E-state index in [0.717, 1.165) is 5.56 Å². The topological polar surface area (TPSA) is 108 Å². The summed E-state index contributed by atoms with van der Waals surface area (Å²) in [6.07, 6.45) is -1.80. The second kappa shape index (κ2) is 8.22. The number of hydrogen-bond acceptors (Lipinski definition) is 8. The Hall–Kier alpha value is -1.55. The summed E-state index contributed by atoms with van der Waals surface area (Å²) in [5.41, 5.74) is -0.151. The predicted octanol–water partition coefficient (Wildman–Crippen LogP) is 2.12. The zero-order valence-corrected chi connectivity index (χ0v) is 15.2. The molecule has 1 saturated heterocycles. The van der Waals surface area contributed by atoms with Crippen molar-refractivity contribution in [3.8, 4) is 0 Å². The minimum Gasteiger partial charge on any atom is -0.460 e. The van der Waals surface area contributed by atoms with Crippen molar-refractivity contribution in [3.63, 3.8) is 0 Å². The third-order valence-corrected chi connectivity index (χ3v) is 5.34. The monoisotopic (exact) mass is 391 g/mol. The van der Waals surface area contributed by atoms with Gasteiger partial charge in [0.25, 0.3) is 10.1 Å². The van der Waals surface area contributed by atoms with Crippen LogP contribution >= 0.6 is 11.6 Å². The summed E-state index contributed by atoms with van der Waals surface area (Å²) in [6, 6.07) is 5.23. The van der Waals surface area contributed by atoms with Gasteiger partial charge in [0.2, 0.25) is 0 Å². The van der Waals surface area contributed by atoms with Crippen molar-refractivity contribution in [2.45, 2.75) is 49.0 Å². The van der Waals surface area contributed by atoms with Gasteiger partial charge in [0, 0.05) is 13.3 Å². The van der Waals surface area contributed by atoms with Gasteiger partial charge in [-0.15, -0.1) is 0 Å². The number of alkyl halides is 1. The average molecular weight is 392 g/mol. The molecular formula is C15H18ClNO7S. The van der Waals surface area contributed by atoms with Crippen LogP contribution in [0.3, 0.4) is 0 Å². The van der Waals surface area contributed by atoms with E-state index >= 15 is 0 Å². The van der Waals surface area contributed by atoms with Gasteiger partial charge >= 0.3 is 5.97 Å². The van der Waals surface area contributed by atoms with Crippen molar-refractivity contribution in [1.29, 1.82) is 0 Å². The molecule has 0 spiro atoms. The number of aryl methyl sites for hydroxylation is 1. The molecule has 0 bridgehead atoms. The zero-order chi connectivity index (χ0) is 18.6. The van der Waals surface area contributed by atoms with E-state index in [1.807, 2.05) is 6.92 Å². The quantitative estimate of drug-likeness (QED) is 0.316. The highest BCUT2D eigenvalue weighted by molar-refractivity contribution is 7.86. The average Bonchev–Trinajstić information content (AvgIpc) is 2.54. The van der Waals surface area contributed by atoms with E-state index in [1.54, 1.807) is 12.1 Å². The summed E-state index contributed by atoms with van der Waals surface area (Å²) in [4.78, 5) is 22.0. The standard InChI is InChI=1S/C15H18ClNO7S/c1-9-3-5-11(6-4-9)25(20,21)22-8-14-13(23-10(2)18)7-12(17-19)15(16)24-14/h3-6,12-15H,7-8H2,1-2H3/t12-,13-,14-,15+/m1/s1. The van der Waals surface area contributed by atoms with Crippen molar-refractivity contribution < 1.29 is 26.9 Å². The van der Waals surface area contributed by atoms with E-state index < -0.39 is 46.5 Å². The summed E-state index contributed by atoms with van der Waals surface area (Å²) in [5.74, 6) is -0.599. The molecule has 0 aromatic heterocycles. The number of nitrogens with zero attached hydrogens (tertiary/aromatic N) is 1. The lowest BCUT2D eigenvalue weighted by atomic mass is 10.0. The highest BCUT2D eigenvalue weighted by atomic mass is 35.5. The third-order valence-electron chi connectivity index (χ3n) is 3.65. The Balaban J connectivity index is 2.09. The molecule has 0 radical (unpaired) electrons. The first-order valence-electron chi connectivity index (χ1n) is 7.48. The molecular weight excluding hydrogens is 374 g/mol. The Morgan fingerprint density at radius 3 is 2.56 bits per heavy atom. The van der Waals surface area contributed by atoms with E-state index in [4.69, 9.17) is 25.3 Å². The highest BCUT2D eigenvalue weighted by Crippen LogP contribution is 2.28. The molecule has 0 saturated carbocycles. The van der Waals surface area contributed by atoms with E-state index in [0.29, 0.717) is 0 Å². The lowest BCUT2D eigenvalue weighted by Crippen LogP contribution is -2.48. The van der Waals surface area contributed by atoms with Gasteiger partial charge < -0.3 is 9.47 Å². The van der Waals surface area contributed by atoms with Gasteiger partial charge in [-0.1, -0.05) is 34.5 Å². The van der Waals surface area contributed by atoms with Gasteiger partial charge in [0.05, 0.1) is 11.5 Å². The number of carbonyl (C=O) groups excluding carboxylic acids is 1. The smallest absolute Gasteiger partial charge is 0.302 e. The zero-order valence-electron chi connectivity index (χ0n) is 13.6. The van der Waals surface area contributed by atoms with Crippen LogP contribution in [0.1, 0.15) is 18.9 Å². The molecule has 0 N–H and O–H groups in total. The molecule has 1 fully saturated rings. The van der Waals surface area contributed by atoms with Crippen molar-refractivity contribution in [3.05, 3.63) is 34.7 Å². The molecule has 0 unspecified atom stereocenters. The van der Waals surface area contributed by atoms with Crippen LogP contribution in [0.2, 0.25) is 0 Å². The summed E-state index contributed by atoms with van der Waals surface area (Å²) in [5, 5.41) is 2.83. The number of ether oxygens (including phenoxy) is 2. The van der Waals surface area contributed by atoms with Crippen molar-refractivity contribution >= 4 is 27.7 Å². The van der Waals surface area contributed by atoms with Crippen molar-refractivity contribution in [2.24, 2.45) is 5.18 Å². The maximum Gasteiger partial charge on any atom is 0.302 e. The molecule has 1 aromatic carbocycles. The third kappa shape index (κ3) is 5.21. The molecule has 8 nitrogen and oxygen atoms in total. The molecule has 2 rings (SSSR count). The first kappa shape index (κ1) is 19.8. The highest BCUT2D eigenvalue weighted by Gasteiger charge is 2.41. The molecule has 4 atom stereocenters. The van der Waals surface area contributed by atoms with E-state index in [2.05, 4.69) is 5.18 Å². The molecule has 10 heteroatoms. The van der Waals surface area contributed by atoms with Crippen molar-refractivity contribution in [2.75, 3.05) is 6.61 Å². The number of carbonyl (C=O) groups is 1. The lowest BCUT2D eigenvalue weighted by molar-refractivity contribution is -0.168. The second-order valence-corrected chi connectivity index (χ2v) is 7.68. The van der Waals surface area contributed by atoms with Crippen LogP contribution in [0.4, 0.5) is 0 Å². The molecule has 1 aliphatic heterocycles. The maximum absolute atomic E-state index is 12.2. The number of nitroso groups, excluding NO2 is 1. The van der Waals surface area contributed by atoms with Crippen molar-refractivity contribution in [1.82, 2.24) is 0 Å². The molecule has 1 aromatic rings. The Bertz CT molecular complexity index is 722. The fourth-order valence-corrected chi connectivity index (χ4v) is 3.55. The molecule has 0 amide bonds. The number of esters is 1. The Morgan fingerprint density at radius 2 is 2.00 bits per heavy atom. The normalized spacial score (nSPS) is 26.8. The number of rotatable bonds is 6.